The quantitative estimate of drug-likeness (QED) is 0.731. The van der Waals surface area contributed by atoms with Gasteiger partial charge in [-0.3, -0.25) is 9.59 Å². The SMILES string of the molecule is O=C(O)Cn1ncc(Cl)c(CCO)c1=O. The van der Waals surface area contributed by atoms with Crippen LogP contribution in [0, 0.1) is 0 Å². The Kier molecular flexibility index (Phi) is 3.81. The van der Waals surface area contributed by atoms with E-state index >= 15 is 0 Å². The normalized spacial score (nSPS) is 10.3. The first-order valence-electron chi connectivity index (χ1n) is 4.13. The lowest BCUT2D eigenvalue weighted by Gasteiger charge is -2.05. The van der Waals surface area contributed by atoms with Gasteiger partial charge in [0.2, 0.25) is 0 Å². The van der Waals surface area contributed by atoms with Crippen molar-refractivity contribution in [1.82, 2.24) is 9.78 Å². The second-order valence-electron chi connectivity index (χ2n) is 2.80. The Morgan fingerprint density at radius 3 is 2.80 bits per heavy atom. The average molecular weight is 233 g/mol. The van der Waals surface area contributed by atoms with Gasteiger partial charge in [-0.25, -0.2) is 4.68 Å². The second kappa shape index (κ2) is 4.90. The molecule has 1 heterocycles. The molecule has 7 heteroatoms. The first kappa shape index (κ1) is 11.7. The van der Waals surface area contributed by atoms with Crippen LogP contribution in [0.25, 0.3) is 0 Å². The number of carbonyl (C=O) groups is 1. The molecule has 0 bridgehead atoms. The van der Waals surface area contributed by atoms with Gasteiger partial charge in [0.25, 0.3) is 5.56 Å². The fourth-order valence-electron chi connectivity index (χ4n) is 1.09. The molecule has 0 radical (unpaired) electrons. The molecule has 0 unspecified atom stereocenters. The number of carboxylic acids is 1. The molecular weight excluding hydrogens is 224 g/mol. The Bertz CT molecular complexity index is 429. The number of aliphatic carboxylic acids is 1. The minimum Gasteiger partial charge on any atom is -0.480 e. The number of rotatable bonds is 4. The van der Waals surface area contributed by atoms with Crippen LogP contribution < -0.4 is 5.56 Å². The summed E-state index contributed by atoms with van der Waals surface area (Å²) < 4.78 is 0.791. The maximum atomic E-state index is 11.6. The Labute approximate surface area is 89.7 Å². The van der Waals surface area contributed by atoms with E-state index in [1.807, 2.05) is 0 Å². The standard InChI is InChI=1S/C8H9ClN2O4/c9-6-3-10-11(4-7(13)14)8(15)5(6)1-2-12/h3,12H,1-2,4H2,(H,13,14). The highest BCUT2D eigenvalue weighted by molar-refractivity contribution is 6.31. The van der Waals surface area contributed by atoms with Crippen molar-refractivity contribution < 1.29 is 15.0 Å². The third-order valence-corrected chi connectivity index (χ3v) is 2.06. The van der Waals surface area contributed by atoms with E-state index in [1.165, 1.54) is 6.20 Å². The summed E-state index contributed by atoms with van der Waals surface area (Å²) in [5, 5.41) is 20.9. The predicted octanol–water partition coefficient (Wildman–Crippen LogP) is -0.484. The summed E-state index contributed by atoms with van der Waals surface area (Å²) in [5.74, 6) is -1.16. The van der Waals surface area contributed by atoms with Crippen LogP contribution in [-0.4, -0.2) is 32.6 Å². The van der Waals surface area contributed by atoms with Gasteiger partial charge in [-0.1, -0.05) is 11.6 Å². The van der Waals surface area contributed by atoms with E-state index in [1.54, 1.807) is 0 Å². The largest absolute Gasteiger partial charge is 0.480 e. The van der Waals surface area contributed by atoms with Gasteiger partial charge in [-0.15, -0.1) is 0 Å². The van der Waals surface area contributed by atoms with Crippen molar-refractivity contribution in [3.05, 3.63) is 27.1 Å². The Morgan fingerprint density at radius 1 is 1.60 bits per heavy atom. The Morgan fingerprint density at radius 2 is 2.27 bits per heavy atom. The van der Waals surface area contributed by atoms with Gasteiger partial charge >= 0.3 is 5.97 Å². The molecule has 1 aromatic rings. The van der Waals surface area contributed by atoms with Gasteiger partial charge in [0.1, 0.15) is 6.54 Å². The third kappa shape index (κ3) is 2.77. The number of hydrogen-bond acceptors (Lipinski definition) is 4. The van der Waals surface area contributed by atoms with Crippen molar-refractivity contribution in [3.8, 4) is 0 Å². The molecular formula is C8H9ClN2O4. The van der Waals surface area contributed by atoms with Crippen molar-refractivity contribution in [2.24, 2.45) is 0 Å². The molecule has 0 spiro atoms. The minimum atomic E-state index is -1.16. The average Bonchev–Trinajstić information content (AvgIpc) is 2.16. The van der Waals surface area contributed by atoms with E-state index in [9.17, 15) is 9.59 Å². The van der Waals surface area contributed by atoms with Crippen LogP contribution in [0.4, 0.5) is 0 Å². The molecule has 0 amide bonds. The zero-order valence-corrected chi connectivity index (χ0v) is 8.44. The van der Waals surface area contributed by atoms with E-state index in [4.69, 9.17) is 21.8 Å². The molecule has 15 heavy (non-hydrogen) atoms. The number of aliphatic hydroxyl groups is 1. The van der Waals surface area contributed by atoms with E-state index in [-0.39, 0.29) is 23.6 Å². The molecule has 0 saturated heterocycles. The van der Waals surface area contributed by atoms with Gasteiger partial charge in [0, 0.05) is 18.6 Å². The van der Waals surface area contributed by atoms with Crippen LogP contribution in [0.15, 0.2) is 11.0 Å². The fourth-order valence-corrected chi connectivity index (χ4v) is 1.31. The lowest BCUT2D eigenvalue weighted by molar-refractivity contribution is -0.138. The number of aliphatic hydroxyl groups excluding tert-OH is 1. The zero-order valence-electron chi connectivity index (χ0n) is 7.68. The molecule has 1 rings (SSSR count). The summed E-state index contributed by atoms with van der Waals surface area (Å²) in [7, 11) is 0. The predicted molar refractivity (Wildman–Crippen MR) is 51.9 cm³/mol. The molecule has 0 atom stereocenters. The molecule has 0 saturated carbocycles. The number of halogens is 1. The van der Waals surface area contributed by atoms with E-state index in [0.29, 0.717) is 0 Å². The number of aromatic nitrogens is 2. The monoisotopic (exact) mass is 232 g/mol. The summed E-state index contributed by atoms with van der Waals surface area (Å²) in [6.07, 6.45) is 1.27. The Hall–Kier alpha value is -1.40. The van der Waals surface area contributed by atoms with Gasteiger partial charge in [-0.05, 0) is 0 Å². The number of carboxylic acid groups (broad SMARTS) is 1. The van der Waals surface area contributed by atoms with Gasteiger partial charge < -0.3 is 10.2 Å². The lowest BCUT2D eigenvalue weighted by Crippen LogP contribution is -2.29. The molecule has 0 aromatic carbocycles. The third-order valence-electron chi connectivity index (χ3n) is 1.74. The second-order valence-corrected chi connectivity index (χ2v) is 3.21. The summed E-state index contributed by atoms with van der Waals surface area (Å²) in [6, 6.07) is 0. The van der Waals surface area contributed by atoms with Gasteiger partial charge in [0.05, 0.1) is 11.2 Å². The summed E-state index contributed by atoms with van der Waals surface area (Å²) in [5.41, 5.74) is -0.408. The highest BCUT2D eigenvalue weighted by Gasteiger charge is 2.11. The van der Waals surface area contributed by atoms with Crippen LogP contribution in [0.2, 0.25) is 5.02 Å². The van der Waals surface area contributed by atoms with E-state index in [0.717, 1.165) is 4.68 Å². The molecule has 2 N–H and O–H groups in total. The van der Waals surface area contributed by atoms with Crippen LogP contribution in [0.5, 0.6) is 0 Å². The van der Waals surface area contributed by atoms with E-state index in [2.05, 4.69) is 5.10 Å². The first-order valence-corrected chi connectivity index (χ1v) is 4.51. The molecule has 0 aliphatic carbocycles. The van der Waals surface area contributed by atoms with Crippen molar-refractivity contribution in [3.63, 3.8) is 0 Å². The molecule has 0 aliphatic heterocycles. The molecule has 6 nitrogen and oxygen atoms in total. The molecule has 0 fully saturated rings. The summed E-state index contributed by atoms with van der Waals surface area (Å²) >= 11 is 5.68. The van der Waals surface area contributed by atoms with Crippen molar-refractivity contribution in [1.29, 1.82) is 0 Å². The molecule has 0 aliphatic rings. The zero-order chi connectivity index (χ0) is 11.4. The lowest BCUT2D eigenvalue weighted by atomic mass is 10.2. The van der Waals surface area contributed by atoms with Crippen LogP contribution in [-0.2, 0) is 17.8 Å². The summed E-state index contributed by atoms with van der Waals surface area (Å²) in [6.45, 7) is -0.750. The minimum absolute atomic E-state index is 0.0831. The Balaban J connectivity index is 3.16. The van der Waals surface area contributed by atoms with Crippen molar-refractivity contribution in [2.45, 2.75) is 13.0 Å². The smallest absolute Gasteiger partial charge is 0.325 e. The maximum absolute atomic E-state index is 11.6. The first-order chi connectivity index (χ1) is 7.06. The van der Waals surface area contributed by atoms with Crippen LogP contribution >= 0.6 is 11.6 Å². The molecule has 82 valence electrons. The van der Waals surface area contributed by atoms with E-state index < -0.39 is 18.1 Å². The highest BCUT2D eigenvalue weighted by Crippen LogP contribution is 2.09. The van der Waals surface area contributed by atoms with Crippen molar-refractivity contribution >= 4 is 17.6 Å². The van der Waals surface area contributed by atoms with Crippen LogP contribution in [0.1, 0.15) is 5.56 Å². The summed E-state index contributed by atoms with van der Waals surface area (Å²) in [4.78, 5) is 21.9. The molecule has 1 aromatic heterocycles. The number of nitrogens with zero attached hydrogens (tertiary/aromatic N) is 2. The van der Waals surface area contributed by atoms with Crippen molar-refractivity contribution in [2.75, 3.05) is 6.61 Å². The van der Waals surface area contributed by atoms with Gasteiger partial charge in [0.15, 0.2) is 0 Å². The van der Waals surface area contributed by atoms with Gasteiger partial charge in [-0.2, -0.15) is 5.10 Å². The fraction of sp³-hybridized carbons (Fsp3) is 0.375. The maximum Gasteiger partial charge on any atom is 0.325 e. The topological polar surface area (TPSA) is 92.4 Å². The highest BCUT2D eigenvalue weighted by atomic mass is 35.5. The number of hydrogen-bond donors (Lipinski definition) is 2. The van der Waals surface area contributed by atoms with Crippen LogP contribution in [0.3, 0.4) is 0 Å².